The molecule has 4 aliphatic rings. The van der Waals surface area contributed by atoms with E-state index in [1.54, 1.807) is 0 Å². The van der Waals surface area contributed by atoms with Crippen molar-refractivity contribution >= 4 is 5.91 Å². The first-order valence-electron chi connectivity index (χ1n) is 12.7. The van der Waals surface area contributed by atoms with Crippen LogP contribution >= 0.6 is 0 Å². The first-order chi connectivity index (χ1) is 16.1. The standard InChI is InChI=1S/C28H34N2O3/c31-27(28(32,22-8-4-5-9-22)21-6-2-1-3-7-21)29-26-23-17-30(18-24(23)26)14-12-19-10-11-25-20(16-19)13-15-33-25/h1-3,6-7,10-11,16,22-24,26,32H,4-5,8-9,12-15,17-18H2,(H,29,31). The summed E-state index contributed by atoms with van der Waals surface area (Å²) < 4.78 is 5.62. The maximum atomic E-state index is 13.4. The fourth-order valence-corrected chi connectivity index (χ4v) is 6.54. The summed E-state index contributed by atoms with van der Waals surface area (Å²) in [6, 6.07) is 16.4. The molecule has 2 saturated carbocycles. The number of hydrogen-bond acceptors (Lipinski definition) is 4. The highest BCUT2D eigenvalue weighted by Gasteiger charge is 2.58. The molecular formula is C28H34N2O3. The summed E-state index contributed by atoms with van der Waals surface area (Å²) in [6.45, 7) is 3.94. The predicted octanol–water partition coefficient (Wildman–Crippen LogP) is 3.29. The Morgan fingerprint density at radius 3 is 2.61 bits per heavy atom. The molecule has 0 spiro atoms. The molecule has 1 saturated heterocycles. The molecule has 174 valence electrons. The topological polar surface area (TPSA) is 61.8 Å². The Labute approximate surface area is 196 Å². The van der Waals surface area contributed by atoms with Crippen LogP contribution in [-0.2, 0) is 23.2 Å². The molecular weight excluding hydrogens is 412 g/mol. The Balaban J connectivity index is 1.05. The second-order valence-electron chi connectivity index (χ2n) is 10.5. The number of carbonyl (C=O) groups is 1. The smallest absolute Gasteiger partial charge is 0.257 e. The second-order valence-corrected chi connectivity index (χ2v) is 10.5. The number of amides is 1. The van der Waals surface area contributed by atoms with Gasteiger partial charge in [0.15, 0.2) is 5.60 Å². The van der Waals surface area contributed by atoms with Gasteiger partial charge in [-0.2, -0.15) is 0 Å². The van der Waals surface area contributed by atoms with Crippen molar-refractivity contribution in [3.05, 3.63) is 65.2 Å². The summed E-state index contributed by atoms with van der Waals surface area (Å²) in [5, 5.41) is 15.0. The SMILES string of the molecule is O=C(NC1C2CN(CCc3ccc4c(c3)CCO4)CC21)C(O)(c1ccccc1)C1CCCC1. The maximum absolute atomic E-state index is 13.4. The van der Waals surface area contributed by atoms with E-state index in [-0.39, 0.29) is 17.9 Å². The van der Waals surface area contributed by atoms with E-state index in [1.165, 1.54) is 11.1 Å². The third-order valence-corrected chi connectivity index (χ3v) is 8.54. The molecule has 3 unspecified atom stereocenters. The lowest BCUT2D eigenvalue weighted by Gasteiger charge is -2.33. The molecule has 6 rings (SSSR count). The highest BCUT2D eigenvalue weighted by atomic mass is 16.5. The molecule has 3 fully saturated rings. The zero-order valence-electron chi connectivity index (χ0n) is 19.2. The normalized spacial score (nSPS) is 28.1. The summed E-state index contributed by atoms with van der Waals surface area (Å²) in [6.07, 6.45) is 6.09. The van der Waals surface area contributed by atoms with Crippen LogP contribution < -0.4 is 10.1 Å². The van der Waals surface area contributed by atoms with Crippen molar-refractivity contribution in [2.75, 3.05) is 26.2 Å². The van der Waals surface area contributed by atoms with E-state index in [9.17, 15) is 9.90 Å². The third kappa shape index (κ3) is 3.85. The second kappa shape index (κ2) is 8.44. The molecule has 5 nitrogen and oxygen atoms in total. The molecule has 2 aromatic rings. The highest BCUT2D eigenvalue weighted by Crippen LogP contribution is 2.47. The molecule has 2 aliphatic heterocycles. The first kappa shape index (κ1) is 21.2. The lowest BCUT2D eigenvalue weighted by atomic mass is 9.79. The van der Waals surface area contributed by atoms with Crippen molar-refractivity contribution in [1.82, 2.24) is 10.2 Å². The molecule has 0 bridgehead atoms. The molecule has 33 heavy (non-hydrogen) atoms. The fourth-order valence-electron chi connectivity index (χ4n) is 6.54. The Kier molecular flexibility index (Phi) is 5.42. The number of ether oxygens (including phenoxy) is 1. The summed E-state index contributed by atoms with van der Waals surface area (Å²) in [5.41, 5.74) is 2.05. The molecule has 0 aromatic heterocycles. The van der Waals surface area contributed by atoms with Gasteiger partial charge in [0.1, 0.15) is 5.75 Å². The summed E-state index contributed by atoms with van der Waals surface area (Å²) in [4.78, 5) is 16.0. The van der Waals surface area contributed by atoms with Crippen molar-refractivity contribution in [3.8, 4) is 5.75 Å². The van der Waals surface area contributed by atoms with Gasteiger partial charge in [-0.25, -0.2) is 0 Å². The molecule has 5 heteroatoms. The van der Waals surface area contributed by atoms with Crippen LogP contribution in [0.15, 0.2) is 48.5 Å². The number of piperidine rings is 1. The van der Waals surface area contributed by atoms with E-state index in [4.69, 9.17) is 4.74 Å². The van der Waals surface area contributed by atoms with Gasteiger partial charge in [0.2, 0.25) is 0 Å². The van der Waals surface area contributed by atoms with Crippen molar-refractivity contribution in [2.24, 2.45) is 17.8 Å². The van der Waals surface area contributed by atoms with Gasteiger partial charge >= 0.3 is 0 Å². The number of likely N-dealkylation sites (tertiary alicyclic amines) is 1. The van der Waals surface area contributed by atoms with E-state index in [1.807, 2.05) is 30.3 Å². The summed E-state index contributed by atoms with van der Waals surface area (Å²) in [5.74, 6) is 1.91. The van der Waals surface area contributed by atoms with Crippen molar-refractivity contribution in [2.45, 2.75) is 50.2 Å². The van der Waals surface area contributed by atoms with Crippen molar-refractivity contribution < 1.29 is 14.6 Å². The van der Waals surface area contributed by atoms with Crippen molar-refractivity contribution in [3.63, 3.8) is 0 Å². The van der Waals surface area contributed by atoms with Crippen LogP contribution in [0, 0.1) is 17.8 Å². The van der Waals surface area contributed by atoms with Gasteiger partial charge in [0.25, 0.3) is 5.91 Å². The van der Waals surface area contributed by atoms with E-state index in [2.05, 4.69) is 28.4 Å². The van der Waals surface area contributed by atoms with E-state index in [0.717, 1.165) is 76.1 Å². The number of nitrogens with one attached hydrogen (secondary N) is 1. The van der Waals surface area contributed by atoms with Crippen LogP contribution in [0.25, 0.3) is 0 Å². The van der Waals surface area contributed by atoms with Gasteiger partial charge in [0.05, 0.1) is 6.61 Å². The highest BCUT2D eigenvalue weighted by molar-refractivity contribution is 5.87. The van der Waals surface area contributed by atoms with Gasteiger partial charge in [-0.05, 0) is 53.9 Å². The minimum atomic E-state index is -1.41. The Hall–Kier alpha value is -2.37. The summed E-state index contributed by atoms with van der Waals surface area (Å²) >= 11 is 0. The minimum absolute atomic E-state index is 0.00714. The van der Waals surface area contributed by atoms with Crippen LogP contribution in [0.4, 0.5) is 0 Å². The number of aliphatic hydroxyl groups is 1. The lowest BCUT2D eigenvalue weighted by Crippen LogP contribution is -2.51. The predicted molar refractivity (Wildman–Crippen MR) is 127 cm³/mol. The summed E-state index contributed by atoms with van der Waals surface area (Å²) in [7, 11) is 0. The van der Waals surface area contributed by atoms with Gasteiger partial charge in [-0.3, -0.25) is 4.79 Å². The average Bonchev–Trinajstić information content (AvgIpc) is 3.40. The Morgan fingerprint density at radius 2 is 1.85 bits per heavy atom. The molecule has 2 heterocycles. The number of benzene rings is 2. The zero-order chi connectivity index (χ0) is 22.4. The van der Waals surface area contributed by atoms with Crippen molar-refractivity contribution in [1.29, 1.82) is 0 Å². The Bertz CT molecular complexity index is 1010. The molecule has 1 amide bonds. The van der Waals surface area contributed by atoms with Crippen LogP contribution in [0.5, 0.6) is 5.75 Å². The third-order valence-electron chi connectivity index (χ3n) is 8.54. The largest absolute Gasteiger partial charge is 0.493 e. The van der Waals surface area contributed by atoms with Crippen LogP contribution in [0.1, 0.15) is 42.4 Å². The van der Waals surface area contributed by atoms with E-state index < -0.39 is 5.60 Å². The molecule has 0 radical (unpaired) electrons. The first-order valence-corrected chi connectivity index (χ1v) is 12.7. The van der Waals surface area contributed by atoms with Crippen LogP contribution in [-0.4, -0.2) is 48.2 Å². The number of carbonyl (C=O) groups excluding carboxylic acids is 1. The monoisotopic (exact) mass is 446 g/mol. The maximum Gasteiger partial charge on any atom is 0.257 e. The Morgan fingerprint density at radius 1 is 1.09 bits per heavy atom. The van der Waals surface area contributed by atoms with Crippen LogP contribution in [0.2, 0.25) is 0 Å². The average molecular weight is 447 g/mol. The van der Waals surface area contributed by atoms with E-state index >= 15 is 0 Å². The number of hydrogen-bond donors (Lipinski definition) is 2. The molecule has 3 atom stereocenters. The quantitative estimate of drug-likeness (QED) is 0.685. The van der Waals surface area contributed by atoms with Gasteiger partial charge in [-0.15, -0.1) is 0 Å². The number of rotatable bonds is 7. The molecule has 2 N–H and O–H groups in total. The number of fused-ring (bicyclic) bond motifs is 2. The van der Waals surface area contributed by atoms with Gasteiger partial charge < -0.3 is 20.1 Å². The zero-order valence-corrected chi connectivity index (χ0v) is 19.2. The van der Waals surface area contributed by atoms with Gasteiger partial charge in [-0.1, -0.05) is 55.3 Å². The molecule has 2 aromatic carbocycles. The fraction of sp³-hybridized carbons (Fsp3) is 0.536. The molecule has 2 aliphatic carbocycles. The minimum Gasteiger partial charge on any atom is -0.493 e. The van der Waals surface area contributed by atoms with E-state index in [0.29, 0.717) is 11.8 Å². The number of nitrogens with zero attached hydrogens (tertiary/aromatic N) is 1. The van der Waals surface area contributed by atoms with Gasteiger partial charge in [0, 0.05) is 38.0 Å². The van der Waals surface area contributed by atoms with Crippen LogP contribution in [0.3, 0.4) is 0 Å². The lowest BCUT2D eigenvalue weighted by molar-refractivity contribution is -0.147.